The van der Waals surface area contributed by atoms with Crippen LogP contribution in [0.3, 0.4) is 0 Å². The van der Waals surface area contributed by atoms with Gasteiger partial charge in [0.05, 0.1) is 12.2 Å². The molecule has 0 saturated heterocycles. The molecule has 3 heterocycles. The molecule has 0 aromatic carbocycles. The van der Waals surface area contributed by atoms with E-state index in [0.717, 1.165) is 29.0 Å². The van der Waals surface area contributed by atoms with Crippen LogP contribution < -0.4 is 4.90 Å². The molecule has 110 valence electrons. The number of thiophene rings is 2. The molecular weight excluding hydrogens is 306 g/mol. The van der Waals surface area contributed by atoms with E-state index in [9.17, 15) is 9.59 Å². The van der Waals surface area contributed by atoms with E-state index in [1.54, 1.807) is 22.3 Å². The molecule has 1 N–H and O–H groups in total. The maximum absolute atomic E-state index is 12.3. The molecule has 2 aromatic heterocycles. The lowest BCUT2D eigenvalue weighted by molar-refractivity contribution is -0.118. The van der Waals surface area contributed by atoms with Gasteiger partial charge in [-0.25, -0.2) is 4.79 Å². The smallest absolute Gasteiger partial charge is 0.345 e. The molecule has 0 aliphatic carbocycles. The number of hydrogen-bond donors (Lipinski definition) is 1. The molecule has 1 aliphatic heterocycles. The van der Waals surface area contributed by atoms with Crippen LogP contribution in [0.4, 0.5) is 5.69 Å². The number of carboxylic acids is 1. The molecule has 1 amide bonds. The number of rotatable bonds is 3. The number of carbonyl (C=O) groups excluding carboxylic acids is 1. The van der Waals surface area contributed by atoms with E-state index in [0.29, 0.717) is 17.8 Å². The lowest BCUT2D eigenvalue weighted by atomic mass is 10.2. The molecule has 0 fully saturated rings. The van der Waals surface area contributed by atoms with Crippen LogP contribution in [0.25, 0.3) is 0 Å². The van der Waals surface area contributed by atoms with Crippen molar-refractivity contribution in [1.29, 1.82) is 0 Å². The Kier molecular flexibility index (Phi) is 3.82. The predicted molar refractivity (Wildman–Crippen MR) is 84.5 cm³/mol. The van der Waals surface area contributed by atoms with Gasteiger partial charge in [0, 0.05) is 16.2 Å². The monoisotopic (exact) mass is 321 g/mol. The van der Waals surface area contributed by atoms with Crippen LogP contribution in [-0.4, -0.2) is 17.0 Å². The first-order chi connectivity index (χ1) is 10.1. The van der Waals surface area contributed by atoms with E-state index >= 15 is 0 Å². The van der Waals surface area contributed by atoms with Gasteiger partial charge < -0.3 is 10.0 Å². The fourth-order valence-corrected chi connectivity index (χ4v) is 4.35. The van der Waals surface area contributed by atoms with Gasteiger partial charge >= 0.3 is 5.97 Å². The van der Waals surface area contributed by atoms with E-state index in [1.165, 1.54) is 16.2 Å². The molecule has 2 aromatic rings. The zero-order valence-electron chi connectivity index (χ0n) is 11.6. The van der Waals surface area contributed by atoms with Gasteiger partial charge in [-0.1, -0.05) is 0 Å². The highest BCUT2D eigenvalue weighted by Crippen LogP contribution is 2.33. The van der Waals surface area contributed by atoms with Crippen molar-refractivity contribution < 1.29 is 14.7 Å². The second-order valence-electron chi connectivity index (χ2n) is 5.06. The summed E-state index contributed by atoms with van der Waals surface area (Å²) < 4.78 is 0. The average molecular weight is 321 g/mol. The first kappa shape index (κ1) is 14.3. The number of aromatic carboxylic acids is 1. The molecule has 0 atom stereocenters. The summed E-state index contributed by atoms with van der Waals surface area (Å²) in [5, 5.41) is 11.1. The molecule has 0 bridgehead atoms. The quantitative estimate of drug-likeness (QED) is 0.938. The first-order valence-corrected chi connectivity index (χ1v) is 8.45. The SMILES string of the molecule is Cc1sc(C(=O)O)cc1CN1C(=O)CCCc2sccc21. The van der Waals surface area contributed by atoms with Crippen LogP contribution >= 0.6 is 22.7 Å². The minimum atomic E-state index is -0.909. The zero-order chi connectivity index (χ0) is 15.0. The number of fused-ring (bicyclic) bond motifs is 1. The molecule has 0 unspecified atom stereocenters. The van der Waals surface area contributed by atoms with Crippen LogP contribution in [0.5, 0.6) is 0 Å². The lowest BCUT2D eigenvalue weighted by Gasteiger charge is -2.21. The molecule has 6 heteroatoms. The van der Waals surface area contributed by atoms with E-state index in [-0.39, 0.29) is 5.91 Å². The molecule has 1 aliphatic rings. The van der Waals surface area contributed by atoms with E-state index in [4.69, 9.17) is 5.11 Å². The van der Waals surface area contributed by atoms with E-state index < -0.39 is 5.97 Å². The van der Waals surface area contributed by atoms with Crippen LogP contribution in [0, 0.1) is 6.92 Å². The number of anilines is 1. The van der Waals surface area contributed by atoms with Gasteiger partial charge in [0.1, 0.15) is 4.88 Å². The third-order valence-electron chi connectivity index (χ3n) is 3.67. The highest BCUT2D eigenvalue weighted by molar-refractivity contribution is 7.14. The Bertz CT molecular complexity index is 702. The third-order valence-corrected chi connectivity index (χ3v) is 5.72. The second-order valence-corrected chi connectivity index (χ2v) is 7.32. The number of aryl methyl sites for hydroxylation is 2. The van der Waals surface area contributed by atoms with Crippen molar-refractivity contribution in [2.45, 2.75) is 32.7 Å². The summed E-state index contributed by atoms with van der Waals surface area (Å²) in [6, 6.07) is 3.68. The Morgan fingerprint density at radius 1 is 1.43 bits per heavy atom. The highest BCUT2D eigenvalue weighted by Gasteiger charge is 2.24. The lowest BCUT2D eigenvalue weighted by Crippen LogP contribution is -2.29. The Morgan fingerprint density at radius 2 is 2.24 bits per heavy atom. The van der Waals surface area contributed by atoms with E-state index in [1.807, 2.05) is 18.4 Å². The van der Waals surface area contributed by atoms with Gasteiger partial charge in [-0.3, -0.25) is 4.79 Å². The Hall–Kier alpha value is -1.66. The summed E-state index contributed by atoms with van der Waals surface area (Å²) in [6.07, 6.45) is 2.38. The Balaban J connectivity index is 1.93. The topological polar surface area (TPSA) is 57.6 Å². The highest BCUT2D eigenvalue weighted by atomic mass is 32.1. The fraction of sp³-hybridized carbons (Fsp3) is 0.333. The minimum absolute atomic E-state index is 0.120. The molecule has 0 radical (unpaired) electrons. The number of carbonyl (C=O) groups is 2. The zero-order valence-corrected chi connectivity index (χ0v) is 13.2. The van der Waals surface area contributed by atoms with Gasteiger partial charge in [-0.15, -0.1) is 22.7 Å². The summed E-state index contributed by atoms with van der Waals surface area (Å²) in [4.78, 5) is 27.8. The Morgan fingerprint density at radius 3 is 2.95 bits per heavy atom. The number of hydrogen-bond acceptors (Lipinski definition) is 4. The molecule has 3 rings (SSSR count). The van der Waals surface area contributed by atoms with Gasteiger partial charge in [0.25, 0.3) is 0 Å². The number of nitrogens with zero attached hydrogens (tertiary/aromatic N) is 1. The van der Waals surface area contributed by atoms with Crippen molar-refractivity contribution in [2.24, 2.45) is 0 Å². The Labute approximate surface area is 130 Å². The fourth-order valence-electron chi connectivity index (χ4n) is 2.56. The normalized spacial score (nSPS) is 14.9. The van der Waals surface area contributed by atoms with Crippen LogP contribution in [-0.2, 0) is 17.8 Å². The average Bonchev–Trinajstić information content (AvgIpc) is 3.00. The summed E-state index contributed by atoms with van der Waals surface area (Å²) in [5.74, 6) is -0.789. The van der Waals surface area contributed by atoms with Crippen molar-refractivity contribution >= 4 is 40.2 Å². The van der Waals surface area contributed by atoms with Gasteiger partial charge in [0.2, 0.25) is 5.91 Å². The van der Waals surface area contributed by atoms with E-state index in [2.05, 4.69) is 0 Å². The molecule has 0 spiro atoms. The molecular formula is C15H15NO3S2. The molecule has 21 heavy (non-hydrogen) atoms. The van der Waals surface area contributed by atoms with Crippen molar-refractivity contribution in [1.82, 2.24) is 0 Å². The number of carboxylic acid groups (broad SMARTS) is 1. The van der Waals surface area contributed by atoms with Gasteiger partial charge in [0.15, 0.2) is 0 Å². The predicted octanol–water partition coefficient (Wildman–Crippen LogP) is 3.69. The first-order valence-electron chi connectivity index (χ1n) is 6.75. The molecule has 4 nitrogen and oxygen atoms in total. The summed E-state index contributed by atoms with van der Waals surface area (Å²) >= 11 is 2.95. The van der Waals surface area contributed by atoms with Crippen LogP contribution in [0.15, 0.2) is 17.5 Å². The number of amides is 1. The van der Waals surface area contributed by atoms with Crippen molar-refractivity contribution in [3.63, 3.8) is 0 Å². The second kappa shape index (κ2) is 5.61. The third kappa shape index (κ3) is 2.73. The van der Waals surface area contributed by atoms with Crippen LogP contribution in [0.2, 0.25) is 0 Å². The summed E-state index contributed by atoms with van der Waals surface area (Å²) in [7, 11) is 0. The maximum Gasteiger partial charge on any atom is 0.345 e. The summed E-state index contributed by atoms with van der Waals surface area (Å²) in [5.41, 5.74) is 1.91. The molecule has 0 saturated carbocycles. The van der Waals surface area contributed by atoms with Crippen molar-refractivity contribution in [3.05, 3.63) is 37.7 Å². The summed E-state index contributed by atoms with van der Waals surface area (Å²) in [6.45, 7) is 2.36. The standard InChI is InChI=1S/C15H15NO3S2/c1-9-10(7-13(21-9)15(18)19)8-16-11-5-6-20-12(11)3-2-4-14(16)17/h5-7H,2-4,8H2,1H3,(H,18,19). The van der Waals surface area contributed by atoms with Crippen molar-refractivity contribution in [3.8, 4) is 0 Å². The largest absolute Gasteiger partial charge is 0.477 e. The minimum Gasteiger partial charge on any atom is -0.477 e. The van der Waals surface area contributed by atoms with Gasteiger partial charge in [-0.05, 0) is 42.8 Å². The van der Waals surface area contributed by atoms with Gasteiger partial charge in [-0.2, -0.15) is 0 Å². The maximum atomic E-state index is 12.3. The van der Waals surface area contributed by atoms with Crippen LogP contribution in [0.1, 0.15) is 37.8 Å². The van der Waals surface area contributed by atoms with Crippen molar-refractivity contribution in [2.75, 3.05) is 4.90 Å².